The third-order valence-electron chi connectivity index (χ3n) is 5.74. The van der Waals surface area contributed by atoms with Crippen molar-refractivity contribution in [2.45, 2.75) is 26.2 Å². The van der Waals surface area contributed by atoms with Crippen molar-refractivity contribution < 1.29 is 28.3 Å². The molecule has 1 aliphatic carbocycles. The fourth-order valence-corrected chi connectivity index (χ4v) is 4.00. The van der Waals surface area contributed by atoms with Crippen LogP contribution in [0.3, 0.4) is 0 Å². The highest BCUT2D eigenvalue weighted by Gasteiger charge is 2.28. The summed E-state index contributed by atoms with van der Waals surface area (Å²) in [7, 11) is 2.81. The molecule has 0 aliphatic heterocycles. The molecule has 0 unspecified atom stereocenters. The molecule has 0 radical (unpaired) electrons. The van der Waals surface area contributed by atoms with E-state index < -0.39 is 11.9 Å². The summed E-state index contributed by atoms with van der Waals surface area (Å²) in [6, 6.07) is 13.3. The van der Waals surface area contributed by atoms with Crippen molar-refractivity contribution in [3.63, 3.8) is 0 Å². The SMILES string of the molecule is COC(=O)c1ccccc1NC(=O)c1oc2c(c1C)/C(=N/NC(=O)c1cccc(OC)c1)CCC2. The molecule has 2 N–H and O–H groups in total. The maximum Gasteiger partial charge on any atom is 0.339 e. The van der Waals surface area contributed by atoms with E-state index in [1.54, 1.807) is 55.5 Å². The van der Waals surface area contributed by atoms with E-state index in [-0.39, 0.29) is 17.2 Å². The molecule has 3 aromatic rings. The maximum absolute atomic E-state index is 13.1. The van der Waals surface area contributed by atoms with Crippen LogP contribution >= 0.6 is 0 Å². The fraction of sp³-hybridized carbons (Fsp3) is 0.231. The van der Waals surface area contributed by atoms with Gasteiger partial charge in [0.1, 0.15) is 11.5 Å². The molecular formula is C26H25N3O6. The number of methoxy groups -OCH3 is 2. The Hall–Kier alpha value is -4.40. The van der Waals surface area contributed by atoms with Crippen molar-refractivity contribution in [2.24, 2.45) is 5.10 Å². The number of para-hydroxylation sites is 1. The number of nitrogens with one attached hydrogen (secondary N) is 2. The Kier molecular flexibility index (Phi) is 6.96. The van der Waals surface area contributed by atoms with Crippen molar-refractivity contribution >= 4 is 29.2 Å². The molecular weight excluding hydrogens is 450 g/mol. The Labute approximate surface area is 202 Å². The van der Waals surface area contributed by atoms with Gasteiger partial charge >= 0.3 is 5.97 Å². The minimum atomic E-state index is -0.558. The van der Waals surface area contributed by atoms with Gasteiger partial charge in [-0.05, 0) is 50.1 Å². The molecule has 1 aliphatic rings. The monoisotopic (exact) mass is 475 g/mol. The highest BCUT2D eigenvalue weighted by atomic mass is 16.5. The summed E-state index contributed by atoms with van der Waals surface area (Å²) in [6.07, 6.45) is 2.03. The first-order chi connectivity index (χ1) is 16.9. The van der Waals surface area contributed by atoms with Gasteiger partial charge in [-0.15, -0.1) is 0 Å². The molecule has 2 amide bonds. The predicted molar refractivity (Wildman–Crippen MR) is 129 cm³/mol. The lowest BCUT2D eigenvalue weighted by atomic mass is 9.93. The van der Waals surface area contributed by atoms with E-state index in [1.807, 2.05) is 0 Å². The van der Waals surface area contributed by atoms with Crippen molar-refractivity contribution in [3.8, 4) is 5.75 Å². The quantitative estimate of drug-likeness (QED) is 0.409. The zero-order chi connectivity index (χ0) is 24.9. The summed E-state index contributed by atoms with van der Waals surface area (Å²) in [5.41, 5.74) is 5.53. The number of amides is 2. The smallest absolute Gasteiger partial charge is 0.339 e. The Morgan fingerprint density at radius 3 is 2.57 bits per heavy atom. The molecule has 35 heavy (non-hydrogen) atoms. The van der Waals surface area contributed by atoms with E-state index in [2.05, 4.69) is 15.8 Å². The normalized spacial score (nSPS) is 13.6. The van der Waals surface area contributed by atoms with Crippen LogP contribution in [-0.2, 0) is 11.2 Å². The van der Waals surface area contributed by atoms with Crippen LogP contribution in [0.15, 0.2) is 58.0 Å². The maximum atomic E-state index is 13.1. The standard InChI is InChI=1S/C26H25N3O6/c1-15-22-20(28-29-24(30)16-8-6-9-17(14-16)33-2)12-7-13-21(22)35-23(15)25(31)27-19-11-5-4-10-18(19)26(32)34-3/h4-6,8-11,14H,7,12-13H2,1-3H3,(H,27,31)(H,29,30)/b28-20+. The van der Waals surface area contributed by atoms with Crippen LogP contribution < -0.4 is 15.5 Å². The first-order valence-corrected chi connectivity index (χ1v) is 11.0. The Morgan fingerprint density at radius 1 is 1.00 bits per heavy atom. The Morgan fingerprint density at radius 2 is 1.80 bits per heavy atom. The van der Waals surface area contributed by atoms with Gasteiger partial charge in [-0.3, -0.25) is 9.59 Å². The van der Waals surface area contributed by atoms with E-state index >= 15 is 0 Å². The molecule has 9 heteroatoms. The zero-order valence-corrected chi connectivity index (χ0v) is 19.6. The number of nitrogens with zero attached hydrogens (tertiary/aromatic N) is 1. The minimum absolute atomic E-state index is 0.128. The molecule has 0 saturated carbocycles. The highest BCUT2D eigenvalue weighted by molar-refractivity contribution is 6.11. The summed E-state index contributed by atoms with van der Waals surface area (Å²) in [5, 5.41) is 7.08. The molecule has 0 bridgehead atoms. The summed E-state index contributed by atoms with van der Waals surface area (Å²) in [5.74, 6) is -0.0917. The molecule has 0 atom stereocenters. The van der Waals surface area contributed by atoms with Gasteiger partial charge in [0, 0.05) is 23.1 Å². The van der Waals surface area contributed by atoms with Gasteiger partial charge in [0.15, 0.2) is 5.76 Å². The third kappa shape index (κ3) is 4.93. The molecule has 1 aromatic heterocycles. The molecule has 0 saturated heterocycles. The number of ether oxygens (including phenoxy) is 2. The number of aryl methyl sites for hydroxylation is 1. The minimum Gasteiger partial charge on any atom is -0.497 e. The number of benzene rings is 2. The molecule has 0 fully saturated rings. The number of anilines is 1. The fourth-order valence-electron chi connectivity index (χ4n) is 4.00. The van der Waals surface area contributed by atoms with Crippen molar-refractivity contribution in [2.75, 3.05) is 19.5 Å². The number of furan rings is 1. The van der Waals surface area contributed by atoms with Crippen molar-refractivity contribution in [1.29, 1.82) is 0 Å². The summed E-state index contributed by atoms with van der Waals surface area (Å²) >= 11 is 0. The zero-order valence-electron chi connectivity index (χ0n) is 19.6. The molecule has 1 heterocycles. The van der Waals surface area contributed by atoms with E-state index in [1.165, 1.54) is 14.2 Å². The lowest BCUT2D eigenvalue weighted by Gasteiger charge is -2.13. The second-order valence-corrected chi connectivity index (χ2v) is 7.93. The van der Waals surface area contributed by atoms with Gasteiger partial charge in [-0.1, -0.05) is 18.2 Å². The average Bonchev–Trinajstić information content (AvgIpc) is 3.24. The van der Waals surface area contributed by atoms with Crippen LogP contribution in [0.2, 0.25) is 0 Å². The van der Waals surface area contributed by atoms with Gasteiger partial charge in [-0.2, -0.15) is 5.10 Å². The largest absolute Gasteiger partial charge is 0.497 e. The van der Waals surface area contributed by atoms with Crippen LogP contribution in [-0.4, -0.2) is 37.7 Å². The number of carbonyl (C=O) groups excluding carboxylic acids is 3. The van der Waals surface area contributed by atoms with Crippen LogP contribution in [0.25, 0.3) is 0 Å². The number of hydrogen-bond donors (Lipinski definition) is 2. The van der Waals surface area contributed by atoms with Gasteiger partial charge in [0.25, 0.3) is 11.8 Å². The Bertz CT molecular complexity index is 1320. The van der Waals surface area contributed by atoms with Gasteiger partial charge in [-0.25, -0.2) is 10.2 Å². The van der Waals surface area contributed by atoms with Crippen molar-refractivity contribution in [3.05, 3.63) is 82.3 Å². The van der Waals surface area contributed by atoms with Gasteiger partial charge in [0.05, 0.1) is 31.2 Å². The van der Waals surface area contributed by atoms with Crippen LogP contribution in [0.4, 0.5) is 5.69 Å². The third-order valence-corrected chi connectivity index (χ3v) is 5.74. The molecule has 9 nitrogen and oxygen atoms in total. The number of hydrogen-bond acceptors (Lipinski definition) is 7. The van der Waals surface area contributed by atoms with Crippen molar-refractivity contribution in [1.82, 2.24) is 5.43 Å². The summed E-state index contributed by atoms with van der Waals surface area (Å²) < 4.78 is 15.9. The van der Waals surface area contributed by atoms with E-state index in [0.29, 0.717) is 52.4 Å². The second kappa shape index (κ2) is 10.3. The first kappa shape index (κ1) is 23.7. The van der Waals surface area contributed by atoms with Gasteiger partial charge < -0.3 is 19.2 Å². The lowest BCUT2D eigenvalue weighted by Crippen LogP contribution is -2.22. The summed E-state index contributed by atoms with van der Waals surface area (Å²) in [6.45, 7) is 1.77. The average molecular weight is 476 g/mol. The summed E-state index contributed by atoms with van der Waals surface area (Å²) in [4.78, 5) is 37.7. The van der Waals surface area contributed by atoms with Crippen LogP contribution in [0, 0.1) is 6.92 Å². The van der Waals surface area contributed by atoms with Crippen LogP contribution in [0.1, 0.15) is 61.0 Å². The van der Waals surface area contributed by atoms with Crippen LogP contribution in [0.5, 0.6) is 5.75 Å². The number of hydrazone groups is 1. The number of esters is 1. The second-order valence-electron chi connectivity index (χ2n) is 7.93. The number of carbonyl (C=O) groups is 3. The highest BCUT2D eigenvalue weighted by Crippen LogP contribution is 2.30. The van der Waals surface area contributed by atoms with E-state index in [0.717, 1.165) is 6.42 Å². The number of rotatable bonds is 6. The topological polar surface area (TPSA) is 119 Å². The molecule has 4 rings (SSSR count). The predicted octanol–water partition coefficient (Wildman–Crippen LogP) is 4.11. The molecule has 2 aromatic carbocycles. The molecule has 0 spiro atoms. The number of fused-ring (bicyclic) bond motifs is 1. The van der Waals surface area contributed by atoms with E-state index in [4.69, 9.17) is 13.9 Å². The van der Waals surface area contributed by atoms with Gasteiger partial charge in [0.2, 0.25) is 0 Å². The first-order valence-electron chi connectivity index (χ1n) is 11.0. The lowest BCUT2D eigenvalue weighted by molar-refractivity contribution is 0.0601. The van der Waals surface area contributed by atoms with E-state index in [9.17, 15) is 14.4 Å². The molecule has 180 valence electrons. The Balaban J connectivity index is 1.57.